The van der Waals surface area contributed by atoms with Gasteiger partial charge in [0.05, 0.1) is 32.0 Å². The van der Waals surface area contributed by atoms with Gasteiger partial charge in [-0.2, -0.15) is 0 Å². The van der Waals surface area contributed by atoms with Crippen LogP contribution in [0.1, 0.15) is 36.8 Å². The van der Waals surface area contributed by atoms with Gasteiger partial charge in [0, 0.05) is 29.7 Å². The number of aliphatic hydroxyl groups excluding tert-OH is 1. The monoisotopic (exact) mass is 637 g/mol. The Morgan fingerprint density at radius 1 is 1.00 bits per heavy atom. The lowest BCUT2D eigenvalue weighted by molar-refractivity contribution is -0.140. The second-order valence-corrected chi connectivity index (χ2v) is 11.3. The van der Waals surface area contributed by atoms with Gasteiger partial charge in [0.15, 0.2) is 0 Å². The lowest BCUT2D eigenvalue weighted by Crippen LogP contribution is -2.53. The number of primary amides is 1. The number of rotatable bonds is 15. The van der Waals surface area contributed by atoms with E-state index in [2.05, 4.69) is 33.2 Å². The van der Waals surface area contributed by atoms with E-state index in [-0.39, 0.29) is 24.7 Å². The van der Waals surface area contributed by atoms with Gasteiger partial charge in [0.1, 0.15) is 6.04 Å². The van der Waals surface area contributed by atoms with Crippen molar-refractivity contribution in [2.75, 3.05) is 36.9 Å². The largest absolute Gasteiger partial charge is 0.481 e. The van der Waals surface area contributed by atoms with E-state index in [1.807, 2.05) is 30.0 Å². The number of para-hydroxylation sites is 1. The van der Waals surface area contributed by atoms with Crippen LogP contribution in [0.3, 0.4) is 0 Å². The molecule has 3 atom stereocenters. The Bertz CT molecular complexity index is 1400. The molecule has 248 valence electrons. The number of carbonyl (C=O) groups is 5. The van der Waals surface area contributed by atoms with Crippen molar-refractivity contribution < 1.29 is 34.2 Å². The second-order valence-electron chi connectivity index (χ2n) is 11.3. The maximum Gasteiger partial charge on any atom is 0.323 e. The first-order valence-electron chi connectivity index (χ1n) is 15.0. The zero-order valence-corrected chi connectivity index (χ0v) is 25.9. The molecule has 0 radical (unpaired) electrons. The summed E-state index contributed by atoms with van der Waals surface area (Å²) in [6.07, 6.45) is 1.66. The van der Waals surface area contributed by atoms with Crippen LogP contribution in [0.15, 0.2) is 60.8 Å². The molecule has 9 N–H and O–H groups in total. The van der Waals surface area contributed by atoms with E-state index in [1.54, 1.807) is 30.3 Å². The van der Waals surface area contributed by atoms with Crippen molar-refractivity contribution in [3.8, 4) is 0 Å². The van der Waals surface area contributed by atoms with Gasteiger partial charge in [-0.3, -0.25) is 24.1 Å². The van der Waals surface area contributed by atoms with E-state index in [4.69, 9.17) is 5.73 Å². The van der Waals surface area contributed by atoms with Crippen molar-refractivity contribution in [2.45, 2.75) is 57.2 Å². The molecule has 14 nitrogen and oxygen atoms in total. The molecule has 1 saturated heterocycles. The van der Waals surface area contributed by atoms with Crippen LogP contribution in [0.4, 0.5) is 16.2 Å². The number of hydrogen-bond donors (Lipinski definition) is 8. The van der Waals surface area contributed by atoms with E-state index in [1.165, 1.54) is 0 Å². The summed E-state index contributed by atoms with van der Waals surface area (Å²) in [6.45, 7) is 6.28. The minimum absolute atomic E-state index is 0.0536. The molecule has 3 rings (SSSR count). The quantitative estimate of drug-likeness (QED) is 0.140. The Balaban J connectivity index is 1.53. The number of likely N-dealkylation sites (tertiary alicyclic amines) is 1. The molecule has 0 saturated carbocycles. The van der Waals surface area contributed by atoms with Crippen molar-refractivity contribution >= 4 is 41.1 Å². The predicted molar refractivity (Wildman–Crippen MR) is 173 cm³/mol. The summed E-state index contributed by atoms with van der Waals surface area (Å²) in [7, 11) is 0. The summed E-state index contributed by atoms with van der Waals surface area (Å²) < 4.78 is 0. The summed E-state index contributed by atoms with van der Waals surface area (Å²) in [5.74, 6) is -2.74. The molecule has 0 aromatic heterocycles. The highest BCUT2D eigenvalue weighted by atomic mass is 16.4. The normalized spacial score (nSPS) is 16.2. The van der Waals surface area contributed by atoms with Crippen molar-refractivity contribution in [2.24, 2.45) is 5.73 Å². The number of aliphatic carboxylic acids is 1. The SMILES string of the molecule is C=C(N[C@@H](CC(=O)O)C(=O)NC1CCCCN(CC(N)=O)C1)[C@H](CO)NC(=O)Cc1ccc(NC(=O)Nc2ccccc2C)cc1. The number of benzene rings is 2. The number of anilines is 2. The minimum atomic E-state index is -1.23. The maximum atomic E-state index is 13.1. The molecule has 2 aromatic rings. The van der Waals surface area contributed by atoms with Gasteiger partial charge in [-0.25, -0.2) is 4.79 Å². The topological polar surface area (TPSA) is 215 Å². The Hall–Kier alpha value is -4.95. The van der Waals surface area contributed by atoms with Gasteiger partial charge in [-0.1, -0.05) is 43.3 Å². The van der Waals surface area contributed by atoms with E-state index in [9.17, 15) is 34.2 Å². The van der Waals surface area contributed by atoms with Crippen LogP contribution >= 0.6 is 0 Å². The standard InChI is InChI=1S/C32H43N7O7/c1-20-7-3-4-9-25(20)38-32(46)36-23-12-10-22(11-13-23)15-29(42)37-27(19-40)21(2)34-26(16-30(43)44)31(45)35-24-8-5-6-14-39(17-24)18-28(33)41/h3-4,7,9-13,24,26-27,34,40H,2,5-6,8,14-19H2,1H3,(H2,33,41)(H,35,45)(H,37,42)(H,43,44)(H2,36,38,46)/t24?,26-,27-/m0/s1. The molecule has 46 heavy (non-hydrogen) atoms. The first-order chi connectivity index (χ1) is 21.9. The molecular formula is C32H43N7O7. The van der Waals surface area contributed by atoms with Crippen LogP contribution in [0.2, 0.25) is 0 Å². The number of carboxylic acid groups (broad SMARTS) is 1. The number of nitrogens with two attached hydrogens (primary N) is 1. The number of nitrogens with one attached hydrogen (secondary N) is 5. The zero-order valence-electron chi connectivity index (χ0n) is 25.9. The highest BCUT2D eigenvalue weighted by molar-refractivity contribution is 6.00. The molecule has 5 amide bonds. The smallest absolute Gasteiger partial charge is 0.323 e. The second kappa shape index (κ2) is 17.5. The van der Waals surface area contributed by atoms with E-state index in [0.717, 1.165) is 18.4 Å². The van der Waals surface area contributed by atoms with Gasteiger partial charge in [0.2, 0.25) is 17.7 Å². The average Bonchev–Trinajstić information content (AvgIpc) is 3.21. The summed E-state index contributed by atoms with van der Waals surface area (Å²) in [5.41, 5.74) is 8.15. The molecule has 1 fully saturated rings. The Morgan fingerprint density at radius 3 is 2.37 bits per heavy atom. The minimum Gasteiger partial charge on any atom is -0.481 e. The molecular weight excluding hydrogens is 594 g/mol. The molecule has 0 aliphatic carbocycles. The van der Waals surface area contributed by atoms with E-state index in [0.29, 0.717) is 36.4 Å². The number of aryl methyl sites for hydroxylation is 1. The van der Waals surface area contributed by atoms with Crippen molar-refractivity contribution in [1.29, 1.82) is 0 Å². The summed E-state index contributed by atoms with van der Waals surface area (Å²) in [5, 5.41) is 33.2. The van der Waals surface area contributed by atoms with Gasteiger partial charge < -0.3 is 42.5 Å². The van der Waals surface area contributed by atoms with Crippen LogP contribution in [-0.2, 0) is 25.6 Å². The highest BCUT2D eigenvalue weighted by Gasteiger charge is 2.28. The fourth-order valence-electron chi connectivity index (χ4n) is 5.09. The van der Waals surface area contributed by atoms with Gasteiger partial charge >= 0.3 is 12.0 Å². The number of urea groups is 1. The summed E-state index contributed by atoms with van der Waals surface area (Å²) in [4.78, 5) is 63.1. The number of hydrogen-bond acceptors (Lipinski definition) is 8. The Kier molecular flexibility index (Phi) is 13.5. The maximum absolute atomic E-state index is 13.1. The molecule has 14 heteroatoms. The molecule has 1 heterocycles. The average molecular weight is 638 g/mol. The van der Waals surface area contributed by atoms with Crippen LogP contribution < -0.4 is 32.3 Å². The van der Waals surface area contributed by atoms with Crippen molar-refractivity contribution in [3.63, 3.8) is 0 Å². The number of amides is 5. The number of aliphatic hydroxyl groups is 1. The van der Waals surface area contributed by atoms with E-state index < -0.39 is 54.8 Å². The Morgan fingerprint density at radius 2 is 1.72 bits per heavy atom. The molecule has 1 unspecified atom stereocenters. The summed E-state index contributed by atoms with van der Waals surface area (Å²) >= 11 is 0. The third-order valence-electron chi connectivity index (χ3n) is 7.44. The fourth-order valence-corrected chi connectivity index (χ4v) is 5.09. The molecule has 0 spiro atoms. The van der Waals surface area contributed by atoms with Gasteiger partial charge in [-0.05, 0) is 55.6 Å². The molecule has 2 aromatic carbocycles. The fraction of sp³-hybridized carbons (Fsp3) is 0.406. The predicted octanol–water partition coefficient (Wildman–Crippen LogP) is 1.06. The van der Waals surface area contributed by atoms with Crippen LogP contribution in [0, 0.1) is 6.92 Å². The lowest BCUT2D eigenvalue weighted by Gasteiger charge is -2.28. The number of nitrogens with zero attached hydrogens (tertiary/aromatic N) is 1. The van der Waals surface area contributed by atoms with Gasteiger partial charge in [-0.15, -0.1) is 0 Å². The molecule has 0 bridgehead atoms. The van der Waals surface area contributed by atoms with Crippen LogP contribution in [-0.4, -0.2) is 89.2 Å². The number of carbonyl (C=O) groups excluding carboxylic acids is 4. The Labute approximate surface area is 267 Å². The third-order valence-corrected chi connectivity index (χ3v) is 7.44. The first-order valence-corrected chi connectivity index (χ1v) is 15.0. The van der Waals surface area contributed by atoms with Gasteiger partial charge in [0.25, 0.3) is 0 Å². The molecule has 1 aliphatic rings. The van der Waals surface area contributed by atoms with Crippen LogP contribution in [0.25, 0.3) is 0 Å². The third kappa shape index (κ3) is 11.9. The number of carboxylic acids is 1. The van der Waals surface area contributed by atoms with E-state index >= 15 is 0 Å². The lowest BCUT2D eigenvalue weighted by atomic mass is 10.1. The van der Waals surface area contributed by atoms with Crippen molar-refractivity contribution in [1.82, 2.24) is 20.9 Å². The molecule has 1 aliphatic heterocycles. The summed E-state index contributed by atoms with van der Waals surface area (Å²) in [6, 6.07) is 11.1. The highest BCUT2D eigenvalue weighted by Crippen LogP contribution is 2.16. The van der Waals surface area contributed by atoms with Crippen LogP contribution in [0.5, 0.6) is 0 Å². The first kappa shape index (κ1) is 35.5. The van der Waals surface area contributed by atoms with Crippen molar-refractivity contribution in [3.05, 3.63) is 71.9 Å². The zero-order chi connectivity index (χ0) is 33.6.